The fourth-order valence-electron chi connectivity index (χ4n) is 1.93. The van der Waals surface area contributed by atoms with Crippen LogP contribution in [0.4, 0.5) is 0 Å². The van der Waals surface area contributed by atoms with Crippen LogP contribution in [0.15, 0.2) is 24.3 Å². The zero-order valence-corrected chi connectivity index (χ0v) is 13.8. The summed E-state index contributed by atoms with van der Waals surface area (Å²) >= 11 is 0. The van der Waals surface area contributed by atoms with E-state index in [1.54, 1.807) is 0 Å². The van der Waals surface area contributed by atoms with Gasteiger partial charge in [-0.05, 0) is 51.4 Å². The van der Waals surface area contributed by atoms with Crippen LogP contribution in [0, 0.1) is 0 Å². The summed E-state index contributed by atoms with van der Waals surface area (Å²) in [5, 5.41) is 6.31. The van der Waals surface area contributed by atoms with Crippen molar-refractivity contribution in [2.75, 3.05) is 13.2 Å². The first-order valence-electron chi connectivity index (χ1n) is 7.65. The first-order valence-corrected chi connectivity index (χ1v) is 7.65. The molecule has 1 aromatic rings. The molecule has 0 radical (unpaired) electrons. The van der Waals surface area contributed by atoms with Gasteiger partial charge in [0.2, 0.25) is 0 Å². The number of nitrogens with one attached hydrogen (secondary N) is 2. The number of carbonyl (C=O) groups is 1. The van der Waals surface area contributed by atoms with Gasteiger partial charge in [-0.1, -0.05) is 26.0 Å². The first kappa shape index (κ1) is 17.5. The zero-order valence-electron chi connectivity index (χ0n) is 13.8. The van der Waals surface area contributed by atoms with Crippen molar-refractivity contribution in [2.45, 2.75) is 52.6 Å². The van der Waals surface area contributed by atoms with Gasteiger partial charge >= 0.3 is 0 Å². The summed E-state index contributed by atoms with van der Waals surface area (Å²) < 4.78 is 5.52. The molecule has 0 heterocycles. The lowest BCUT2D eigenvalue weighted by atomic mass is 10.0. The molecule has 4 heteroatoms. The summed E-state index contributed by atoms with van der Waals surface area (Å²) in [6, 6.07) is 8.17. The first-order chi connectivity index (χ1) is 9.88. The summed E-state index contributed by atoms with van der Waals surface area (Å²) in [6.07, 6.45) is 0.885. The molecule has 0 bridgehead atoms. The fraction of sp³-hybridized carbons (Fsp3) is 0.588. The molecule has 1 amide bonds. The molecule has 1 atom stereocenters. The second-order valence-electron chi connectivity index (χ2n) is 5.92. The van der Waals surface area contributed by atoms with Crippen molar-refractivity contribution in [2.24, 2.45) is 0 Å². The lowest BCUT2D eigenvalue weighted by Crippen LogP contribution is -2.44. The van der Waals surface area contributed by atoms with Gasteiger partial charge in [-0.15, -0.1) is 0 Å². The molecule has 4 nitrogen and oxygen atoms in total. The normalized spacial score (nSPS) is 12.8. The van der Waals surface area contributed by atoms with Gasteiger partial charge in [-0.25, -0.2) is 0 Å². The third-order valence-corrected chi connectivity index (χ3v) is 3.62. The molecule has 1 aromatic carbocycles. The minimum absolute atomic E-state index is 0.0472. The van der Waals surface area contributed by atoms with Gasteiger partial charge in [0.25, 0.3) is 5.91 Å². The van der Waals surface area contributed by atoms with Crippen LogP contribution in [0.5, 0.6) is 5.75 Å². The summed E-state index contributed by atoms with van der Waals surface area (Å²) in [7, 11) is 0. The van der Waals surface area contributed by atoms with E-state index in [1.165, 1.54) is 5.56 Å². The number of amides is 1. The highest BCUT2D eigenvalue weighted by molar-refractivity contribution is 5.78. The molecule has 1 unspecified atom stereocenters. The molecule has 0 spiro atoms. The van der Waals surface area contributed by atoms with E-state index in [9.17, 15) is 4.79 Å². The molecule has 1 rings (SSSR count). The monoisotopic (exact) mass is 292 g/mol. The summed E-state index contributed by atoms with van der Waals surface area (Å²) in [4.78, 5) is 11.8. The molecule has 0 aliphatic rings. The number of ether oxygens (including phenoxy) is 1. The molecule has 0 aliphatic carbocycles. The Hall–Kier alpha value is -1.55. The third-order valence-electron chi connectivity index (χ3n) is 3.62. The molecule has 0 aromatic heterocycles. The lowest BCUT2D eigenvalue weighted by molar-refractivity contribution is -0.124. The van der Waals surface area contributed by atoms with Gasteiger partial charge in [0.15, 0.2) is 6.61 Å². The fourth-order valence-corrected chi connectivity index (χ4v) is 1.93. The van der Waals surface area contributed by atoms with Crippen molar-refractivity contribution in [1.29, 1.82) is 0 Å². The number of rotatable bonds is 8. The number of benzene rings is 1. The van der Waals surface area contributed by atoms with E-state index in [4.69, 9.17) is 4.74 Å². The van der Waals surface area contributed by atoms with Gasteiger partial charge in [-0.2, -0.15) is 0 Å². The van der Waals surface area contributed by atoms with Crippen molar-refractivity contribution >= 4 is 5.91 Å². The predicted octanol–water partition coefficient (Wildman–Crippen LogP) is 3.04. The molecule has 118 valence electrons. The maximum atomic E-state index is 11.8. The van der Waals surface area contributed by atoms with E-state index in [2.05, 4.69) is 24.5 Å². The molecular weight excluding hydrogens is 264 g/mol. The molecule has 2 N–H and O–H groups in total. The standard InChI is InChI=1S/C17H28N2O2/c1-6-17(4,5)19-16(20)12-21-15-10-8-14(9-11-15)13(3)18-7-2/h8-11,13,18H,6-7,12H2,1-5H3,(H,19,20). The summed E-state index contributed by atoms with van der Waals surface area (Å²) in [6.45, 7) is 11.2. The molecule has 0 aliphatic heterocycles. The minimum Gasteiger partial charge on any atom is -0.484 e. The van der Waals surface area contributed by atoms with Crippen molar-refractivity contribution in [3.05, 3.63) is 29.8 Å². The average molecular weight is 292 g/mol. The quantitative estimate of drug-likeness (QED) is 0.774. The second kappa shape index (κ2) is 8.03. The van der Waals surface area contributed by atoms with Crippen LogP contribution >= 0.6 is 0 Å². The van der Waals surface area contributed by atoms with E-state index in [-0.39, 0.29) is 18.1 Å². The SMILES string of the molecule is CCNC(C)c1ccc(OCC(=O)NC(C)(C)CC)cc1. The maximum Gasteiger partial charge on any atom is 0.258 e. The van der Waals surface area contributed by atoms with Crippen molar-refractivity contribution < 1.29 is 9.53 Å². The Labute approximate surface area is 128 Å². The van der Waals surface area contributed by atoms with E-state index in [1.807, 2.05) is 45.0 Å². The van der Waals surface area contributed by atoms with Crippen LogP contribution in [0.1, 0.15) is 52.6 Å². The maximum absolute atomic E-state index is 11.8. The summed E-state index contributed by atoms with van der Waals surface area (Å²) in [5.41, 5.74) is 1.02. The van der Waals surface area contributed by atoms with Gasteiger partial charge in [0, 0.05) is 11.6 Å². The van der Waals surface area contributed by atoms with Crippen LogP contribution in [-0.4, -0.2) is 24.6 Å². The summed E-state index contributed by atoms with van der Waals surface area (Å²) in [5.74, 6) is 0.624. The number of hydrogen-bond acceptors (Lipinski definition) is 3. The number of carbonyl (C=O) groups excluding carboxylic acids is 1. The topological polar surface area (TPSA) is 50.4 Å². The smallest absolute Gasteiger partial charge is 0.258 e. The van der Waals surface area contributed by atoms with Crippen LogP contribution in [-0.2, 0) is 4.79 Å². The van der Waals surface area contributed by atoms with E-state index >= 15 is 0 Å². The minimum atomic E-state index is -0.189. The van der Waals surface area contributed by atoms with E-state index in [0.717, 1.165) is 13.0 Å². The Morgan fingerprint density at radius 1 is 1.24 bits per heavy atom. The van der Waals surface area contributed by atoms with Crippen LogP contribution in [0.2, 0.25) is 0 Å². The number of hydrogen-bond donors (Lipinski definition) is 2. The molecule has 21 heavy (non-hydrogen) atoms. The van der Waals surface area contributed by atoms with Crippen LogP contribution < -0.4 is 15.4 Å². The Morgan fingerprint density at radius 2 is 1.86 bits per heavy atom. The van der Waals surface area contributed by atoms with Gasteiger partial charge in [0.05, 0.1) is 0 Å². The highest BCUT2D eigenvalue weighted by Crippen LogP contribution is 2.17. The zero-order chi connectivity index (χ0) is 15.9. The van der Waals surface area contributed by atoms with Crippen LogP contribution in [0.3, 0.4) is 0 Å². The van der Waals surface area contributed by atoms with Crippen molar-refractivity contribution in [1.82, 2.24) is 10.6 Å². The van der Waals surface area contributed by atoms with Crippen molar-refractivity contribution in [3.63, 3.8) is 0 Å². The highest BCUT2D eigenvalue weighted by Gasteiger charge is 2.17. The second-order valence-corrected chi connectivity index (χ2v) is 5.92. The Kier molecular flexibility index (Phi) is 6.69. The molecular formula is C17H28N2O2. The lowest BCUT2D eigenvalue weighted by Gasteiger charge is -2.24. The third kappa shape index (κ3) is 6.17. The Bertz CT molecular complexity index is 441. The van der Waals surface area contributed by atoms with Gasteiger partial charge in [0.1, 0.15) is 5.75 Å². The highest BCUT2D eigenvalue weighted by atomic mass is 16.5. The molecule has 0 saturated carbocycles. The van der Waals surface area contributed by atoms with E-state index in [0.29, 0.717) is 11.8 Å². The Balaban J connectivity index is 2.48. The predicted molar refractivity (Wildman–Crippen MR) is 86.5 cm³/mol. The Morgan fingerprint density at radius 3 is 2.38 bits per heavy atom. The molecule has 0 saturated heterocycles. The average Bonchev–Trinajstić information content (AvgIpc) is 2.45. The largest absolute Gasteiger partial charge is 0.484 e. The van der Waals surface area contributed by atoms with Gasteiger partial charge < -0.3 is 15.4 Å². The van der Waals surface area contributed by atoms with E-state index < -0.39 is 0 Å². The molecule has 0 fully saturated rings. The van der Waals surface area contributed by atoms with Crippen LogP contribution in [0.25, 0.3) is 0 Å². The van der Waals surface area contributed by atoms with Crippen molar-refractivity contribution in [3.8, 4) is 5.75 Å². The van der Waals surface area contributed by atoms with Gasteiger partial charge in [-0.3, -0.25) is 4.79 Å².